The molecule has 0 unspecified atom stereocenters. The molecule has 0 atom stereocenters. The van der Waals surface area contributed by atoms with Gasteiger partial charge in [-0.3, -0.25) is 0 Å². The van der Waals surface area contributed by atoms with Gasteiger partial charge in [-0.15, -0.1) is 0 Å². The van der Waals surface area contributed by atoms with Crippen LogP contribution in [-0.2, 0) is 22.4 Å². The van der Waals surface area contributed by atoms with E-state index in [4.69, 9.17) is 9.47 Å². The fraction of sp³-hybridized carbons (Fsp3) is 0.200. The molecule has 0 aliphatic heterocycles. The molecule has 124 valence electrons. The molecule has 4 heteroatoms. The summed E-state index contributed by atoms with van der Waals surface area (Å²) in [5, 5.41) is 0. The van der Waals surface area contributed by atoms with Gasteiger partial charge in [-0.05, 0) is 36.1 Å². The Morgan fingerprint density at radius 1 is 0.750 bits per heavy atom. The molecule has 0 heterocycles. The molecule has 0 saturated heterocycles. The first-order chi connectivity index (χ1) is 11.6. The van der Waals surface area contributed by atoms with Gasteiger partial charge in [-0.25, -0.2) is 9.59 Å². The minimum Gasteiger partial charge on any atom is -0.423 e. The van der Waals surface area contributed by atoms with E-state index in [0.717, 1.165) is 36.1 Å². The minimum atomic E-state index is -0.614. The highest BCUT2D eigenvalue weighted by Crippen LogP contribution is 2.19. The number of hydrogen-bond donors (Lipinski definition) is 0. The predicted octanol–water partition coefficient (Wildman–Crippen LogP) is 3.88. The zero-order valence-corrected chi connectivity index (χ0v) is 13.8. The van der Waals surface area contributed by atoms with E-state index in [2.05, 4.69) is 0 Å². The Balaban J connectivity index is 1.97. The van der Waals surface area contributed by atoms with E-state index >= 15 is 0 Å². The Bertz CT molecular complexity index is 683. The molecule has 0 N–H and O–H groups in total. The van der Waals surface area contributed by atoms with Gasteiger partial charge in [0.15, 0.2) is 0 Å². The van der Waals surface area contributed by atoms with Gasteiger partial charge in [-0.1, -0.05) is 50.2 Å². The molecule has 0 radical (unpaired) electrons. The fourth-order valence-electron chi connectivity index (χ4n) is 2.21. The summed E-state index contributed by atoms with van der Waals surface area (Å²) in [6, 6.07) is 14.6. The molecule has 0 spiro atoms. The van der Waals surface area contributed by atoms with Crippen molar-refractivity contribution >= 4 is 11.9 Å². The molecule has 2 aromatic rings. The normalized spacial score (nSPS) is 10.6. The second kappa shape index (κ2) is 8.67. The first-order valence-corrected chi connectivity index (χ1v) is 7.91. The van der Waals surface area contributed by atoms with Gasteiger partial charge in [-0.2, -0.15) is 0 Å². The Morgan fingerprint density at radius 2 is 1.12 bits per heavy atom. The molecule has 0 amide bonds. The molecular formula is C20H20O4. The van der Waals surface area contributed by atoms with Crippen LogP contribution in [0.3, 0.4) is 0 Å². The molecular weight excluding hydrogens is 304 g/mol. The van der Waals surface area contributed by atoms with Crippen LogP contribution in [0.15, 0.2) is 60.7 Å². The lowest BCUT2D eigenvalue weighted by Crippen LogP contribution is -2.09. The van der Waals surface area contributed by atoms with Crippen molar-refractivity contribution in [1.29, 1.82) is 0 Å². The van der Waals surface area contributed by atoms with E-state index in [9.17, 15) is 9.59 Å². The Kier molecular flexibility index (Phi) is 6.32. The number of rotatable bonds is 6. The summed E-state index contributed by atoms with van der Waals surface area (Å²) in [7, 11) is 0. The van der Waals surface area contributed by atoms with E-state index < -0.39 is 11.9 Å². The zero-order chi connectivity index (χ0) is 17.4. The van der Waals surface area contributed by atoms with Gasteiger partial charge < -0.3 is 9.47 Å². The number of carbonyl (C=O) groups is 2. The fourth-order valence-corrected chi connectivity index (χ4v) is 2.21. The summed E-state index contributed by atoms with van der Waals surface area (Å²) in [6.45, 7) is 3.95. The molecule has 0 aliphatic rings. The Labute approximate surface area is 141 Å². The molecule has 24 heavy (non-hydrogen) atoms. The highest BCUT2D eigenvalue weighted by molar-refractivity contribution is 5.93. The van der Waals surface area contributed by atoms with Crippen molar-refractivity contribution in [2.75, 3.05) is 0 Å². The number of esters is 2. The zero-order valence-electron chi connectivity index (χ0n) is 13.8. The average molecular weight is 324 g/mol. The van der Waals surface area contributed by atoms with Crippen molar-refractivity contribution in [3.05, 3.63) is 71.8 Å². The van der Waals surface area contributed by atoms with Crippen LogP contribution in [0.1, 0.15) is 25.0 Å². The van der Waals surface area contributed by atoms with Crippen LogP contribution in [0.25, 0.3) is 0 Å². The lowest BCUT2D eigenvalue weighted by atomic mass is 10.1. The summed E-state index contributed by atoms with van der Waals surface area (Å²) < 4.78 is 10.5. The number of benzene rings is 2. The van der Waals surface area contributed by atoms with Crippen molar-refractivity contribution in [3.8, 4) is 11.5 Å². The topological polar surface area (TPSA) is 52.6 Å². The van der Waals surface area contributed by atoms with Crippen LogP contribution in [-0.4, -0.2) is 11.9 Å². The van der Waals surface area contributed by atoms with Crippen LogP contribution in [0.4, 0.5) is 0 Å². The monoisotopic (exact) mass is 324 g/mol. The molecule has 2 rings (SSSR count). The third-order valence-electron chi connectivity index (χ3n) is 3.48. The number of para-hydroxylation sites is 2. The largest absolute Gasteiger partial charge is 0.423 e. The van der Waals surface area contributed by atoms with E-state index in [0.29, 0.717) is 11.5 Å². The quantitative estimate of drug-likeness (QED) is 0.460. The van der Waals surface area contributed by atoms with Gasteiger partial charge in [0.2, 0.25) is 0 Å². The smallest absolute Gasteiger partial charge is 0.336 e. The Hall–Kier alpha value is -2.88. The summed E-state index contributed by atoms with van der Waals surface area (Å²) >= 11 is 0. The Morgan fingerprint density at radius 3 is 1.50 bits per heavy atom. The predicted molar refractivity (Wildman–Crippen MR) is 92.1 cm³/mol. The van der Waals surface area contributed by atoms with Crippen LogP contribution in [0, 0.1) is 0 Å². The summed E-state index contributed by atoms with van der Waals surface area (Å²) in [5.41, 5.74) is 1.86. The number of hydrogen-bond acceptors (Lipinski definition) is 4. The SMILES string of the molecule is CCc1ccccc1OC(=O)/C=C/C(=O)Oc1ccccc1CC. The standard InChI is InChI=1S/C20H20O4/c1-3-15-9-5-7-11-17(15)23-19(21)13-14-20(22)24-18-12-8-6-10-16(18)4-2/h5-14H,3-4H2,1-2H3/b14-13+. The van der Waals surface area contributed by atoms with Gasteiger partial charge in [0.1, 0.15) is 11.5 Å². The van der Waals surface area contributed by atoms with E-state index in [1.807, 2.05) is 38.1 Å². The highest BCUT2D eigenvalue weighted by atomic mass is 16.5. The van der Waals surface area contributed by atoms with Gasteiger partial charge in [0.25, 0.3) is 0 Å². The van der Waals surface area contributed by atoms with E-state index in [-0.39, 0.29) is 0 Å². The van der Waals surface area contributed by atoms with Gasteiger partial charge in [0, 0.05) is 12.2 Å². The maximum atomic E-state index is 11.8. The minimum absolute atomic E-state index is 0.499. The van der Waals surface area contributed by atoms with Crippen molar-refractivity contribution < 1.29 is 19.1 Å². The second-order valence-electron chi connectivity index (χ2n) is 5.10. The lowest BCUT2D eigenvalue weighted by molar-refractivity contribution is -0.131. The maximum absolute atomic E-state index is 11.8. The molecule has 0 aromatic heterocycles. The van der Waals surface area contributed by atoms with Crippen LogP contribution in [0.2, 0.25) is 0 Å². The van der Waals surface area contributed by atoms with E-state index in [1.54, 1.807) is 24.3 Å². The summed E-state index contributed by atoms with van der Waals surface area (Å²) in [4.78, 5) is 23.7. The van der Waals surface area contributed by atoms with E-state index in [1.165, 1.54) is 0 Å². The van der Waals surface area contributed by atoms with Crippen LogP contribution >= 0.6 is 0 Å². The number of carbonyl (C=O) groups excluding carboxylic acids is 2. The van der Waals surface area contributed by atoms with Crippen LogP contribution in [0.5, 0.6) is 11.5 Å². The third-order valence-corrected chi connectivity index (χ3v) is 3.48. The third kappa shape index (κ3) is 4.81. The lowest BCUT2D eigenvalue weighted by Gasteiger charge is -2.07. The molecule has 2 aromatic carbocycles. The summed E-state index contributed by atoms with van der Waals surface area (Å²) in [5.74, 6) is -0.230. The molecule has 4 nitrogen and oxygen atoms in total. The average Bonchev–Trinajstić information content (AvgIpc) is 2.61. The molecule has 0 aliphatic carbocycles. The van der Waals surface area contributed by atoms with Crippen molar-refractivity contribution in [3.63, 3.8) is 0 Å². The maximum Gasteiger partial charge on any atom is 0.336 e. The first-order valence-electron chi connectivity index (χ1n) is 7.91. The second-order valence-corrected chi connectivity index (χ2v) is 5.10. The summed E-state index contributed by atoms with van der Waals surface area (Å²) in [6.07, 6.45) is 3.65. The number of ether oxygens (including phenoxy) is 2. The highest BCUT2D eigenvalue weighted by Gasteiger charge is 2.08. The van der Waals surface area contributed by atoms with Crippen molar-refractivity contribution in [1.82, 2.24) is 0 Å². The molecule has 0 saturated carbocycles. The van der Waals surface area contributed by atoms with Crippen molar-refractivity contribution in [2.24, 2.45) is 0 Å². The first kappa shape index (κ1) is 17.5. The van der Waals surface area contributed by atoms with Gasteiger partial charge >= 0.3 is 11.9 Å². The number of aryl methyl sites for hydroxylation is 2. The molecule has 0 fully saturated rings. The van der Waals surface area contributed by atoms with Gasteiger partial charge in [0.05, 0.1) is 0 Å². The van der Waals surface area contributed by atoms with Crippen molar-refractivity contribution in [2.45, 2.75) is 26.7 Å². The van der Waals surface area contributed by atoms with Crippen LogP contribution < -0.4 is 9.47 Å². The molecule has 0 bridgehead atoms.